The molecule has 5 nitrogen and oxygen atoms in total. The van der Waals surface area contributed by atoms with Gasteiger partial charge in [0.2, 0.25) is 5.91 Å². The second-order valence-corrected chi connectivity index (χ2v) is 5.22. The summed E-state index contributed by atoms with van der Waals surface area (Å²) in [5.41, 5.74) is 2.54. The summed E-state index contributed by atoms with van der Waals surface area (Å²) in [5.74, 6) is -1.23. The van der Waals surface area contributed by atoms with Crippen LogP contribution in [0.5, 0.6) is 0 Å². The molecule has 0 bridgehead atoms. The molecule has 6 heteroatoms. The number of hydrogen-bond donors (Lipinski definition) is 2. The highest BCUT2D eigenvalue weighted by atomic mass is 79.9. The maximum absolute atomic E-state index is 12.0. The van der Waals surface area contributed by atoms with Crippen molar-refractivity contribution in [3.63, 3.8) is 0 Å². The van der Waals surface area contributed by atoms with Gasteiger partial charge in [0.25, 0.3) is 0 Å². The van der Waals surface area contributed by atoms with Crippen LogP contribution < -0.4 is 10.2 Å². The molecule has 96 valence electrons. The molecule has 0 aromatic heterocycles. The highest BCUT2D eigenvalue weighted by molar-refractivity contribution is 9.10. The van der Waals surface area contributed by atoms with Crippen molar-refractivity contribution in [2.75, 3.05) is 17.3 Å². The summed E-state index contributed by atoms with van der Waals surface area (Å²) in [6, 6.07) is 3.05. The van der Waals surface area contributed by atoms with Gasteiger partial charge < -0.3 is 15.3 Å². The van der Waals surface area contributed by atoms with E-state index in [4.69, 9.17) is 5.11 Å². The molecule has 0 spiro atoms. The van der Waals surface area contributed by atoms with Crippen molar-refractivity contribution in [1.29, 1.82) is 0 Å². The largest absolute Gasteiger partial charge is 0.481 e. The highest BCUT2D eigenvalue weighted by Gasteiger charge is 2.32. The van der Waals surface area contributed by atoms with Crippen LogP contribution in [-0.2, 0) is 9.59 Å². The number of likely N-dealkylation sites (N-methyl/N-ethyl adjacent to an activating group) is 1. The molecular weight excluding hydrogens is 300 g/mol. The van der Waals surface area contributed by atoms with E-state index in [1.54, 1.807) is 7.05 Å². The van der Waals surface area contributed by atoms with Gasteiger partial charge in [-0.1, -0.05) is 15.9 Å². The summed E-state index contributed by atoms with van der Waals surface area (Å²) in [6.07, 6.45) is -0.224. The Morgan fingerprint density at radius 3 is 2.83 bits per heavy atom. The fourth-order valence-electron chi connectivity index (χ4n) is 2.08. The number of hydrogen-bond acceptors (Lipinski definition) is 3. The van der Waals surface area contributed by atoms with E-state index >= 15 is 0 Å². The van der Waals surface area contributed by atoms with Gasteiger partial charge in [0.1, 0.15) is 6.04 Å². The van der Waals surface area contributed by atoms with Crippen molar-refractivity contribution in [1.82, 2.24) is 0 Å². The van der Waals surface area contributed by atoms with Gasteiger partial charge in [-0.25, -0.2) is 0 Å². The molecule has 1 heterocycles. The molecule has 0 fully saturated rings. The van der Waals surface area contributed by atoms with Crippen molar-refractivity contribution in [3.8, 4) is 0 Å². The summed E-state index contributed by atoms with van der Waals surface area (Å²) < 4.78 is 0.886. The number of carboxylic acid groups (broad SMARTS) is 1. The van der Waals surface area contributed by atoms with Crippen molar-refractivity contribution in [2.24, 2.45) is 0 Å². The number of fused-ring (bicyclic) bond motifs is 1. The first-order chi connectivity index (χ1) is 8.40. The van der Waals surface area contributed by atoms with E-state index < -0.39 is 12.0 Å². The van der Waals surface area contributed by atoms with Crippen LogP contribution >= 0.6 is 15.9 Å². The van der Waals surface area contributed by atoms with Crippen LogP contribution in [0, 0.1) is 6.92 Å². The predicted octanol–water partition coefficient (Wildman–Crippen LogP) is 1.99. The second-order valence-electron chi connectivity index (χ2n) is 4.31. The summed E-state index contributed by atoms with van der Waals surface area (Å²) >= 11 is 3.38. The van der Waals surface area contributed by atoms with Crippen LogP contribution in [0.4, 0.5) is 11.4 Å². The zero-order valence-electron chi connectivity index (χ0n) is 10.0. The standard InChI is InChI=1S/C12H13BrN2O3/c1-6-3-7(13)4-9-11(6)14-8(5-10(16)17)12(18)15(9)2/h3-4,8,14H,5H2,1-2H3,(H,16,17). The van der Waals surface area contributed by atoms with Crippen LogP contribution in [0.25, 0.3) is 0 Å². The van der Waals surface area contributed by atoms with Gasteiger partial charge in [-0.2, -0.15) is 0 Å². The molecule has 0 aliphatic carbocycles. The monoisotopic (exact) mass is 312 g/mol. The molecule has 0 saturated heterocycles. The number of rotatable bonds is 2. The molecule has 18 heavy (non-hydrogen) atoms. The fraction of sp³-hybridized carbons (Fsp3) is 0.333. The lowest BCUT2D eigenvalue weighted by molar-refractivity contribution is -0.138. The Bertz CT molecular complexity index is 530. The number of anilines is 2. The molecule has 1 aliphatic heterocycles. The first-order valence-electron chi connectivity index (χ1n) is 5.46. The lowest BCUT2D eigenvalue weighted by Gasteiger charge is -2.33. The summed E-state index contributed by atoms with van der Waals surface area (Å²) in [5, 5.41) is 11.8. The maximum atomic E-state index is 12.0. The van der Waals surface area contributed by atoms with Crippen LogP contribution in [0.1, 0.15) is 12.0 Å². The van der Waals surface area contributed by atoms with Crippen molar-refractivity contribution in [2.45, 2.75) is 19.4 Å². The van der Waals surface area contributed by atoms with Gasteiger partial charge >= 0.3 is 5.97 Å². The highest BCUT2D eigenvalue weighted by Crippen LogP contribution is 2.36. The van der Waals surface area contributed by atoms with E-state index in [0.717, 1.165) is 21.4 Å². The minimum Gasteiger partial charge on any atom is -0.481 e. The molecule has 2 rings (SSSR count). The van der Waals surface area contributed by atoms with E-state index in [0.29, 0.717) is 0 Å². The average Bonchev–Trinajstić information content (AvgIpc) is 2.26. The molecule has 1 aliphatic rings. The Hall–Kier alpha value is -1.56. The Balaban J connectivity index is 2.44. The molecule has 0 saturated carbocycles. The molecule has 0 radical (unpaired) electrons. The molecule has 1 amide bonds. The number of amides is 1. The Morgan fingerprint density at radius 1 is 1.56 bits per heavy atom. The SMILES string of the molecule is Cc1cc(Br)cc2c1NC(CC(=O)O)C(=O)N2C. The first kappa shape index (κ1) is 12.9. The lowest BCUT2D eigenvalue weighted by atomic mass is 10.0. The van der Waals surface area contributed by atoms with Gasteiger partial charge in [0, 0.05) is 11.5 Å². The number of nitrogens with zero attached hydrogens (tertiary/aromatic N) is 1. The van der Waals surface area contributed by atoms with E-state index in [9.17, 15) is 9.59 Å². The van der Waals surface area contributed by atoms with Gasteiger partial charge in [0.05, 0.1) is 17.8 Å². The summed E-state index contributed by atoms with van der Waals surface area (Å²) in [7, 11) is 1.66. The topological polar surface area (TPSA) is 69.6 Å². The Labute approximate surface area is 113 Å². The summed E-state index contributed by atoms with van der Waals surface area (Å²) in [4.78, 5) is 24.3. The Morgan fingerprint density at radius 2 is 2.22 bits per heavy atom. The zero-order valence-corrected chi connectivity index (χ0v) is 11.6. The van der Waals surface area contributed by atoms with E-state index in [1.807, 2.05) is 19.1 Å². The Kier molecular flexibility index (Phi) is 3.30. The van der Waals surface area contributed by atoms with E-state index in [-0.39, 0.29) is 12.3 Å². The van der Waals surface area contributed by atoms with Gasteiger partial charge in [-0.3, -0.25) is 9.59 Å². The second kappa shape index (κ2) is 4.61. The third-order valence-electron chi connectivity index (χ3n) is 2.97. The van der Waals surface area contributed by atoms with E-state index in [2.05, 4.69) is 21.2 Å². The smallest absolute Gasteiger partial charge is 0.305 e. The number of aliphatic carboxylic acids is 1. The summed E-state index contributed by atoms with van der Waals surface area (Å²) in [6.45, 7) is 1.91. The number of halogens is 1. The van der Waals surface area contributed by atoms with Gasteiger partial charge in [0.15, 0.2) is 0 Å². The van der Waals surface area contributed by atoms with Crippen LogP contribution in [0.15, 0.2) is 16.6 Å². The quantitative estimate of drug-likeness (QED) is 0.876. The number of carbonyl (C=O) groups excluding carboxylic acids is 1. The normalized spacial score (nSPS) is 18.3. The fourth-order valence-corrected chi connectivity index (χ4v) is 2.64. The van der Waals surface area contributed by atoms with Crippen molar-refractivity contribution < 1.29 is 14.7 Å². The van der Waals surface area contributed by atoms with Crippen LogP contribution in [0.3, 0.4) is 0 Å². The maximum Gasteiger partial charge on any atom is 0.305 e. The molecule has 1 unspecified atom stereocenters. The molecular formula is C12H13BrN2O3. The number of benzene rings is 1. The minimum absolute atomic E-state index is 0.224. The van der Waals surface area contributed by atoms with Gasteiger partial charge in [-0.15, -0.1) is 0 Å². The van der Waals surface area contributed by atoms with Crippen molar-refractivity contribution in [3.05, 3.63) is 22.2 Å². The first-order valence-corrected chi connectivity index (χ1v) is 6.25. The number of aryl methyl sites for hydroxylation is 1. The molecule has 1 atom stereocenters. The average molecular weight is 313 g/mol. The third kappa shape index (κ3) is 2.20. The minimum atomic E-state index is -0.993. The third-order valence-corrected chi connectivity index (χ3v) is 3.42. The number of carbonyl (C=O) groups is 2. The molecule has 1 aromatic carbocycles. The van der Waals surface area contributed by atoms with Crippen LogP contribution in [0.2, 0.25) is 0 Å². The zero-order chi connectivity index (χ0) is 13.4. The van der Waals surface area contributed by atoms with Crippen LogP contribution in [-0.4, -0.2) is 30.1 Å². The predicted molar refractivity (Wildman–Crippen MR) is 72.0 cm³/mol. The van der Waals surface area contributed by atoms with Gasteiger partial charge in [-0.05, 0) is 24.6 Å². The van der Waals surface area contributed by atoms with Crippen molar-refractivity contribution >= 4 is 39.2 Å². The molecule has 2 N–H and O–H groups in total. The number of nitrogens with one attached hydrogen (secondary N) is 1. The number of carboxylic acids is 1. The van der Waals surface area contributed by atoms with E-state index in [1.165, 1.54) is 4.90 Å². The molecule has 1 aromatic rings. The lowest BCUT2D eigenvalue weighted by Crippen LogP contribution is -2.46.